The zero-order valence-corrected chi connectivity index (χ0v) is 12.2. The Morgan fingerprint density at radius 2 is 2.11 bits per heavy atom. The molecule has 0 aromatic rings. The van der Waals surface area contributed by atoms with Crippen LogP contribution in [0.3, 0.4) is 0 Å². The molecule has 0 aliphatic carbocycles. The highest BCUT2D eigenvalue weighted by molar-refractivity contribution is 7.84. The summed E-state index contributed by atoms with van der Waals surface area (Å²) in [7, 11) is -0.755. The molecular weight excluding hydrogens is 252 g/mol. The van der Waals surface area contributed by atoms with Gasteiger partial charge in [-0.25, -0.2) is 0 Å². The molecule has 1 saturated heterocycles. The van der Waals surface area contributed by atoms with Crippen LogP contribution < -0.4 is 5.32 Å². The molecule has 0 bridgehead atoms. The van der Waals surface area contributed by atoms with Crippen LogP contribution in [0.1, 0.15) is 13.3 Å². The van der Waals surface area contributed by atoms with Crippen molar-refractivity contribution < 1.29 is 14.1 Å². The third-order valence-electron chi connectivity index (χ3n) is 3.25. The molecule has 0 aromatic carbocycles. The number of morpholine rings is 1. The quantitative estimate of drug-likeness (QED) is 0.582. The molecule has 108 valence electrons. The van der Waals surface area contributed by atoms with E-state index in [0.717, 1.165) is 39.3 Å². The van der Waals surface area contributed by atoms with E-state index in [1.54, 1.807) is 6.26 Å². The fraction of sp³-hybridized carbons (Fsp3) is 1.00. The zero-order valence-electron chi connectivity index (χ0n) is 11.4. The van der Waals surface area contributed by atoms with E-state index in [1.165, 1.54) is 0 Å². The fourth-order valence-corrected chi connectivity index (χ4v) is 2.34. The minimum absolute atomic E-state index is 0.217. The molecule has 2 N–H and O–H groups in total. The molecule has 0 spiro atoms. The largest absolute Gasteiger partial charge is 0.390 e. The topological polar surface area (TPSA) is 61.8 Å². The number of β-amino-alcohol motifs (C(OH)–C–C–N with tert-alkyl or cyclic N) is 1. The van der Waals surface area contributed by atoms with E-state index in [-0.39, 0.29) is 11.4 Å². The first-order chi connectivity index (χ1) is 8.59. The lowest BCUT2D eigenvalue weighted by Gasteiger charge is -2.28. The Balaban J connectivity index is 2.02. The van der Waals surface area contributed by atoms with Crippen LogP contribution >= 0.6 is 0 Å². The summed E-state index contributed by atoms with van der Waals surface area (Å²) in [4.78, 5) is 2.22. The number of hydrogen-bond donors (Lipinski definition) is 2. The van der Waals surface area contributed by atoms with Crippen molar-refractivity contribution in [3.05, 3.63) is 0 Å². The molecule has 1 aliphatic rings. The third-order valence-corrected chi connectivity index (χ3v) is 4.62. The molecule has 0 saturated carbocycles. The van der Waals surface area contributed by atoms with Crippen LogP contribution in [0.5, 0.6) is 0 Å². The van der Waals surface area contributed by atoms with Crippen LogP contribution in [-0.2, 0) is 15.5 Å². The molecular formula is C12H26N2O3S. The maximum absolute atomic E-state index is 11.1. The van der Waals surface area contributed by atoms with E-state index in [9.17, 15) is 9.32 Å². The number of aliphatic hydroxyl groups excluding tert-OH is 1. The van der Waals surface area contributed by atoms with Gasteiger partial charge in [-0.3, -0.25) is 9.11 Å². The summed E-state index contributed by atoms with van der Waals surface area (Å²) >= 11 is 0. The molecule has 0 aromatic heterocycles. The van der Waals surface area contributed by atoms with E-state index in [4.69, 9.17) is 4.74 Å². The second-order valence-corrected chi connectivity index (χ2v) is 6.67. The first kappa shape index (κ1) is 16.0. The molecule has 1 aliphatic heterocycles. The Morgan fingerprint density at radius 1 is 1.44 bits per heavy atom. The zero-order chi connectivity index (χ0) is 13.4. The maximum atomic E-state index is 11.1. The van der Waals surface area contributed by atoms with Crippen molar-refractivity contribution >= 4 is 10.8 Å². The number of rotatable bonds is 8. The van der Waals surface area contributed by atoms with Gasteiger partial charge >= 0.3 is 0 Å². The smallest absolute Gasteiger partial charge is 0.0791 e. The maximum Gasteiger partial charge on any atom is 0.0791 e. The van der Waals surface area contributed by atoms with E-state index < -0.39 is 10.8 Å². The Morgan fingerprint density at radius 3 is 2.72 bits per heavy atom. The molecule has 5 nitrogen and oxygen atoms in total. The summed E-state index contributed by atoms with van der Waals surface area (Å²) in [6, 6.07) is 0. The Bertz CT molecular complexity index is 247. The van der Waals surface area contributed by atoms with Crippen LogP contribution in [-0.4, -0.2) is 77.8 Å². The van der Waals surface area contributed by atoms with Gasteiger partial charge in [-0.05, 0) is 13.0 Å². The summed E-state index contributed by atoms with van der Waals surface area (Å²) in [5, 5.41) is 13.3. The van der Waals surface area contributed by atoms with Gasteiger partial charge in [-0.1, -0.05) is 6.92 Å². The summed E-state index contributed by atoms with van der Waals surface area (Å²) < 4.78 is 16.4. The van der Waals surface area contributed by atoms with Crippen molar-refractivity contribution in [2.75, 3.05) is 52.2 Å². The van der Waals surface area contributed by atoms with Crippen molar-refractivity contribution in [3.63, 3.8) is 0 Å². The summed E-state index contributed by atoms with van der Waals surface area (Å²) in [6.07, 6.45) is 2.27. The number of ether oxygens (including phenoxy) is 1. The number of aliphatic hydroxyl groups is 1. The molecule has 3 atom stereocenters. The van der Waals surface area contributed by atoms with Gasteiger partial charge in [0, 0.05) is 48.5 Å². The lowest BCUT2D eigenvalue weighted by atomic mass is 10.3. The molecule has 1 rings (SSSR count). The van der Waals surface area contributed by atoms with E-state index in [1.807, 2.05) is 6.92 Å². The van der Waals surface area contributed by atoms with Gasteiger partial charge in [-0.2, -0.15) is 0 Å². The number of hydrogen-bond acceptors (Lipinski definition) is 5. The fourth-order valence-electron chi connectivity index (χ4n) is 1.89. The highest BCUT2D eigenvalue weighted by Crippen LogP contribution is 1.99. The minimum Gasteiger partial charge on any atom is -0.390 e. The summed E-state index contributed by atoms with van der Waals surface area (Å²) in [5.41, 5.74) is 0. The predicted molar refractivity (Wildman–Crippen MR) is 74.3 cm³/mol. The van der Waals surface area contributed by atoms with Gasteiger partial charge in [0.15, 0.2) is 0 Å². The number of nitrogens with zero attached hydrogens (tertiary/aromatic N) is 1. The highest BCUT2D eigenvalue weighted by Gasteiger charge is 2.14. The van der Waals surface area contributed by atoms with Crippen LogP contribution in [0.2, 0.25) is 0 Å². The van der Waals surface area contributed by atoms with Crippen LogP contribution in [0.15, 0.2) is 0 Å². The highest BCUT2D eigenvalue weighted by atomic mass is 32.2. The van der Waals surface area contributed by atoms with E-state index >= 15 is 0 Å². The van der Waals surface area contributed by atoms with Crippen molar-refractivity contribution in [1.82, 2.24) is 10.2 Å². The van der Waals surface area contributed by atoms with Crippen LogP contribution in [0, 0.1) is 0 Å². The second-order valence-electron chi connectivity index (χ2n) is 4.87. The van der Waals surface area contributed by atoms with Gasteiger partial charge in [0.2, 0.25) is 0 Å². The van der Waals surface area contributed by atoms with Gasteiger partial charge in [-0.15, -0.1) is 0 Å². The Labute approximate surface area is 112 Å². The number of nitrogens with one attached hydrogen (secondary N) is 1. The summed E-state index contributed by atoms with van der Waals surface area (Å²) in [5.74, 6) is 0. The third kappa shape index (κ3) is 6.80. The minimum atomic E-state index is -0.755. The SMILES string of the molecule is CC(CCNCC(O)CN1CCOCC1)S(C)=O. The van der Waals surface area contributed by atoms with Crippen molar-refractivity contribution in [2.45, 2.75) is 24.7 Å². The summed E-state index contributed by atoms with van der Waals surface area (Å²) in [6.45, 7) is 7.43. The Hall–Kier alpha value is -0.0100. The van der Waals surface area contributed by atoms with Crippen LogP contribution in [0.25, 0.3) is 0 Å². The van der Waals surface area contributed by atoms with Gasteiger partial charge in [0.05, 0.1) is 19.3 Å². The molecule has 3 unspecified atom stereocenters. The first-order valence-electron chi connectivity index (χ1n) is 6.60. The van der Waals surface area contributed by atoms with Gasteiger partial charge < -0.3 is 15.2 Å². The van der Waals surface area contributed by atoms with Crippen molar-refractivity contribution in [3.8, 4) is 0 Å². The van der Waals surface area contributed by atoms with Gasteiger partial charge in [0.25, 0.3) is 0 Å². The van der Waals surface area contributed by atoms with Gasteiger partial charge in [0.1, 0.15) is 0 Å². The molecule has 1 fully saturated rings. The molecule has 6 heteroatoms. The average molecular weight is 278 g/mol. The van der Waals surface area contributed by atoms with Crippen molar-refractivity contribution in [2.24, 2.45) is 0 Å². The first-order valence-corrected chi connectivity index (χ1v) is 8.23. The molecule has 0 amide bonds. The molecule has 1 heterocycles. The van der Waals surface area contributed by atoms with Crippen molar-refractivity contribution in [1.29, 1.82) is 0 Å². The molecule has 0 radical (unpaired) electrons. The predicted octanol–water partition coefficient (Wildman–Crippen LogP) is -0.574. The lowest BCUT2D eigenvalue weighted by Crippen LogP contribution is -2.44. The molecule has 18 heavy (non-hydrogen) atoms. The monoisotopic (exact) mass is 278 g/mol. The normalized spacial score (nSPS) is 22.6. The second kappa shape index (κ2) is 8.98. The van der Waals surface area contributed by atoms with E-state index in [2.05, 4.69) is 10.2 Å². The standard InChI is InChI=1S/C12H26N2O3S/c1-11(18(2)16)3-4-13-9-12(15)10-14-5-7-17-8-6-14/h11-13,15H,3-10H2,1-2H3. The van der Waals surface area contributed by atoms with Crippen LogP contribution in [0.4, 0.5) is 0 Å². The lowest BCUT2D eigenvalue weighted by molar-refractivity contribution is 0.0150. The Kier molecular flexibility index (Phi) is 8.01. The average Bonchev–Trinajstić information content (AvgIpc) is 2.35. The van der Waals surface area contributed by atoms with E-state index in [0.29, 0.717) is 13.1 Å².